The van der Waals surface area contributed by atoms with Crippen molar-refractivity contribution in [2.75, 3.05) is 24.1 Å². The lowest BCUT2D eigenvalue weighted by atomic mass is 10.2. The summed E-state index contributed by atoms with van der Waals surface area (Å²) in [7, 11) is 0. The average Bonchev–Trinajstić information content (AvgIpc) is 2.32. The number of alkyl halides is 3. The minimum Gasteiger partial charge on any atom is -0.368 e. The zero-order valence-electron chi connectivity index (χ0n) is 11.1. The molecule has 0 atom stereocenters. The van der Waals surface area contributed by atoms with Gasteiger partial charge in [0.25, 0.3) is 0 Å². The van der Waals surface area contributed by atoms with Crippen LogP contribution in [0.25, 0.3) is 0 Å². The number of carbonyl (C=O) groups excluding carboxylic acids is 1. The number of carbonyl (C=O) groups is 1. The van der Waals surface area contributed by atoms with Gasteiger partial charge in [0, 0.05) is 12.6 Å². The molecule has 0 fully saturated rings. The number of nitrogens with one attached hydrogen (secondary N) is 2. The zero-order chi connectivity index (χ0) is 15.3. The third-order valence-corrected chi connectivity index (χ3v) is 2.17. The molecule has 0 unspecified atom stereocenters. The number of anilines is 2. The lowest BCUT2D eigenvalue weighted by molar-refractivity contribution is -0.141. The summed E-state index contributed by atoms with van der Waals surface area (Å²) in [5.41, 5.74) is 4.04. The molecule has 1 aromatic rings. The largest absolute Gasteiger partial charge is 0.433 e. The van der Waals surface area contributed by atoms with Gasteiger partial charge in [-0.15, -0.1) is 0 Å². The molecule has 0 bridgehead atoms. The van der Waals surface area contributed by atoms with Crippen LogP contribution in [-0.4, -0.2) is 29.0 Å². The number of nitrogen functional groups attached to an aromatic ring is 1. The van der Waals surface area contributed by atoms with Crippen molar-refractivity contribution < 1.29 is 18.0 Å². The van der Waals surface area contributed by atoms with Gasteiger partial charge in [-0.1, -0.05) is 13.8 Å². The third kappa shape index (κ3) is 5.29. The molecule has 9 heteroatoms. The van der Waals surface area contributed by atoms with E-state index in [1.807, 2.05) is 13.8 Å². The van der Waals surface area contributed by atoms with Crippen molar-refractivity contribution in [2.45, 2.75) is 20.0 Å². The van der Waals surface area contributed by atoms with Gasteiger partial charge >= 0.3 is 6.18 Å². The summed E-state index contributed by atoms with van der Waals surface area (Å²) >= 11 is 0. The van der Waals surface area contributed by atoms with E-state index in [1.165, 1.54) is 0 Å². The Kier molecular flexibility index (Phi) is 5.12. The Balaban J connectivity index is 2.64. The van der Waals surface area contributed by atoms with E-state index in [2.05, 4.69) is 20.6 Å². The van der Waals surface area contributed by atoms with Crippen LogP contribution in [0.4, 0.5) is 24.9 Å². The first-order chi connectivity index (χ1) is 9.18. The quantitative estimate of drug-likeness (QED) is 0.759. The molecule has 0 radical (unpaired) electrons. The van der Waals surface area contributed by atoms with Crippen LogP contribution in [0, 0.1) is 5.92 Å². The van der Waals surface area contributed by atoms with E-state index in [-0.39, 0.29) is 24.2 Å². The van der Waals surface area contributed by atoms with E-state index in [4.69, 9.17) is 5.73 Å². The summed E-state index contributed by atoms with van der Waals surface area (Å²) in [4.78, 5) is 18.1. The highest BCUT2D eigenvalue weighted by Crippen LogP contribution is 2.29. The average molecular weight is 291 g/mol. The molecule has 0 aliphatic heterocycles. The highest BCUT2D eigenvalue weighted by molar-refractivity contribution is 5.80. The topological polar surface area (TPSA) is 92.9 Å². The molecule has 20 heavy (non-hydrogen) atoms. The summed E-state index contributed by atoms with van der Waals surface area (Å²) in [6.07, 6.45) is -4.62. The Hall–Kier alpha value is -2.06. The van der Waals surface area contributed by atoms with E-state index in [0.29, 0.717) is 12.6 Å². The van der Waals surface area contributed by atoms with E-state index >= 15 is 0 Å². The molecule has 0 aromatic carbocycles. The molecule has 1 amide bonds. The molecule has 1 heterocycles. The first-order valence-electron chi connectivity index (χ1n) is 5.91. The van der Waals surface area contributed by atoms with Crippen LogP contribution in [0.1, 0.15) is 19.5 Å². The molecule has 0 aliphatic carbocycles. The van der Waals surface area contributed by atoms with Gasteiger partial charge < -0.3 is 16.4 Å². The van der Waals surface area contributed by atoms with Gasteiger partial charge in [-0.2, -0.15) is 18.2 Å². The summed E-state index contributed by atoms with van der Waals surface area (Å²) < 4.78 is 37.5. The monoisotopic (exact) mass is 291 g/mol. The second-order valence-electron chi connectivity index (χ2n) is 4.55. The maximum atomic E-state index is 12.5. The Labute approximate surface area is 114 Å². The maximum absolute atomic E-state index is 12.5. The van der Waals surface area contributed by atoms with Gasteiger partial charge in [-0.3, -0.25) is 4.79 Å². The van der Waals surface area contributed by atoms with Crippen LogP contribution in [0.15, 0.2) is 6.07 Å². The number of halogens is 3. The first-order valence-corrected chi connectivity index (χ1v) is 5.91. The Bertz CT molecular complexity index is 476. The first kappa shape index (κ1) is 16.0. The molecule has 0 aliphatic rings. The van der Waals surface area contributed by atoms with Crippen LogP contribution < -0.4 is 16.4 Å². The van der Waals surface area contributed by atoms with Crippen molar-refractivity contribution in [3.63, 3.8) is 0 Å². The molecule has 1 rings (SSSR count). The lowest BCUT2D eigenvalue weighted by Crippen LogP contribution is -2.32. The number of hydrogen-bond acceptors (Lipinski definition) is 5. The van der Waals surface area contributed by atoms with Gasteiger partial charge in [-0.05, 0) is 5.92 Å². The van der Waals surface area contributed by atoms with Gasteiger partial charge in [0.15, 0.2) is 5.69 Å². The SMILES string of the molecule is CC(C)CNC(=O)CNc1cc(C(F)(F)F)nc(N)n1. The summed E-state index contributed by atoms with van der Waals surface area (Å²) in [5.74, 6) is -0.718. The van der Waals surface area contributed by atoms with Crippen molar-refractivity contribution in [3.05, 3.63) is 11.8 Å². The number of aromatic nitrogens is 2. The Morgan fingerprint density at radius 3 is 2.60 bits per heavy atom. The van der Waals surface area contributed by atoms with Crippen LogP contribution in [0.2, 0.25) is 0 Å². The van der Waals surface area contributed by atoms with Crippen LogP contribution >= 0.6 is 0 Å². The molecule has 4 N–H and O–H groups in total. The van der Waals surface area contributed by atoms with E-state index in [1.54, 1.807) is 0 Å². The number of nitrogens with zero attached hydrogens (tertiary/aromatic N) is 2. The maximum Gasteiger partial charge on any atom is 0.433 e. The summed E-state index contributed by atoms with van der Waals surface area (Å²) in [5, 5.41) is 5.09. The van der Waals surface area contributed by atoms with E-state index in [9.17, 15) is 18.0 Å². The smallest absolute Gasteiger partial charge is 0.368 e. The molecule has 0 saturated heterocycles. The fourth-order valence-electron chi connectivity index (χ4n) is 1.25. The zero-order valence-corrected chi connectivity index (χ0v) is 11.1. The molecule has 0 saturated carbocycles. The molecule has 0 spiro atoms. The predicted molar refractivity (Wildman–Crippen MR) is 67.8 cm³/mol. The van der Waals surface area contributed by atoms with Crippen LogP contribution in [0.3, 0.4) is 0 Å². The Morgan fingerprint density at radius 2 is 2.05 bits per heavy atom. The fraction of sp³-hybridized carbons (Fsp3) is 0.545. The van der Waals surface area contributed by atoms with Crippen molar-refractivity contribution in [2.24, 2.45) is 5.92 Å². The molecule has 6 nitrogen and oxygen atoms in total. The highest BCUT2D eigenvalue weighted by Gasteiger charge is 2.33. The lowest BCUT2D eigenvalue weighted by Gasteiger charge is -2.11. The molecular formula is C11H16F3N5O. The number of rotatable bonds is 5. The number of nitrogens with two attached hydrogens (primary N) is 1. The summed E-state index contributed by atoms with van der Waals surface area (Å²) in [6, 6.07) is 0.700. The number of amides is 1. The van der Waals surface area contributed by atoms with Gasteiger partial charge in [-0.25, -0.2) is 4.98 Å². The Morgan fingerprint density at radius 1 is 1.40 bits per heavy atom. The minimum atomic E-state index is -4.62. The third-order valence-electron chi connectivity index (χ3n) is 2.17. The second-order valence-corrected chi connectivity index (χ2v) is 4.55. The summed E-state index contributed by atoms with van der Waals surface area (Å²) in [6.45, 7) is 4.14. The van der Waals surface area contributed by atoms with Gasteiger partial charge in [0.1, 0.15) is 5.82 Å². The normalized spacial score (nSPS) is 11.5. The second kappa shape index (κ2) is 6.40. The molecular weight excluding hydrogens is 275 g/mol. The van der Waals surface area contributed by atoms with Gasteiger partial charge in [0.2, 0.25) is 11.9 Å². The van der Waals surface area contributed by atoms with E-state index in [0.717, 1.165) is 0 Å². The molecule has 112 valence electrons. The van der Waals surface area contributed by atoms with Crippen molar-refractivity contribution in [1.82, 2.24) is 15.3 Å². The van der Waals surface area contributed by atoms with Crippen molar-refractivity contribution in [3.8, 4) is 0 Å². The van der Waals surface area contributed by atoms with Crippen LogP contribution in [-0.2, 0) is 11.0 Å². The highest BCUT2D eigenvalue weighted by atomic mass is 19.4. The number of hydrogen-bond donors (Lipinski definition) is 3. The molecule has 1 aromatic heterocycles. The van der Waals surface area contributed by atoms with Crippen molar-refractivity contribution in [1.29, 1.82) is 0 Å². The van der Waals surface area contributed by atoms with Crippen molar-refractivity contribution >= 4 is 17.7 Å². The van der Waals surface area contributed by atoms with Crippen LogP contribution in [0.5, 0.6) is 0 Å². The van der Waals surface area contributed by atoms with Gasteiger partial charge in [0.05, 0.1) is 6.54 Å². The fourth-order valence-corrected chi connectivity index (χ4v) is 1.25. The predicted octanol–water partition coefficient (Wildman–Crippen LogP) is 1.26. The van der Waals surface area contributed by atoms with E-state index < -0.39 is 17.8 Å². The minimum absolute atomic E-state index is 0.149. The standard InChI is InChI=1S/C11H16F3N5O/c1-6(2)4-17-9(20)5-16-8-3-7(11(12,13)14)18-10(15)19-8/h3,6H,4-5H2,1-2H3,(H,17,20)(H3,15,16,18,19).